The summed E-state index contributed by atoms with van der Waals surface area (Å²) in [6, 6.07) is 0. The van der Waals surface area contributed by atoms with E-state index in [1.807, 2.05) is 13.8 Å². The fourth-order valence-corrected chi connectivity index (χ4v) is 3.68. The van der Waals surface area contributed by atoms with E-state index in [4.69, 9.17) is 0 Å². The van der Waals surface area contributed by atoms with Gasteiger partial charge >= 0.3 is 6.18 Å². The van der Waals surface area contributed by atoms with Gasteiger partial charge in [0, 0.05) is 30.3 Å². The van der Waals surface area contributed by atoms with Crippen LogP contribution in [0.25, 0.3) is 0 Å². The molecule has 0 saturated carbocycles. The van der Waals surface area contributed by atoms with Crippen LogP contribution in [0.3, 0.4) is 0 Å². The number of alkyl halides is 3. The molecule has 0 radical (unpaired) electrons. The Labute approximate surface area is 146 Å². The summed E-state index contributed by atoms with van der Waals surface area (Å²) >= 11 is 2.63. The standard InChI is InChI=1S/C14H18F3N5S2/c1-8-10(24-9(2)21-8)4-5-19-13(18-3)20-6-12-22-11(7-23-12)14(15,16)17/h7H,4-6H2,1-3H3,(H2,18,19,20). The van der Waals surface area contributed by atoms with E-state index in [1.165, 1.54) is 4.88 Å². The van der Waals surface area contributed by atoms with Gasteiger partial charge in [0.2, 0.25) is 0 Å². The van der Waals surface area contributed by atoms with Crippen molar-refractivity contribution >= 4 is 28.6 Å². The Morgan fingerprint density at radius 3 is 2.54 bits per heavy atom. The van der Waals surface area contributed by atoms with E-state index in [2.05, 4.69) is 25.6 Å². The molecule has 0 aliphatic heterocycles. The number of aryl methyl sites for hydroxylation is 2. The van der Waals surface area contributed by atoms with Gasteiger partial charge in [0.05, 0.1) is 17.2 Å². The summed E-state index contributed by atoms with van der Waals surface area (Å²) in [6.45, 7) is 4.80. The molecule has 0 spiro atoms. The molecule has 24 heavy (non-hydrogen) atoms. The normalized spacial score (nSPS) is 12.5. The number of aromatic nitrogens is 2. The maximum Gasteiger partial charge on any atom is 0.434 e. The van der Waals surface area contributed by atoms with E-state index in [0.717, 1.165) is 33.8 Å². The molecule has 0 amide bonds. The van der Waals surface area contributed by atoms with E-state index >= 15 is 0 Å². The number of nitrogens with zero attached hydrogens (tertiary/aromatic N) is 3. The molecular weight excluding hydrogens is 359 g/mol. The van der Waals surface area contributed by atoms with Crippen molar-refractivity contribution in [3.8, 4) is 0 Å². The maximum absolute atomic E-state index is 12.5. The van der Waals surface area contributed by atoms with Crippen molar-refractivity contribution < 1.29 is 13.2 Å². The Kier molecular flexibility index (Phi) is 6.16. The van der Waals surface area contributed by atoms with E-state index in [9.17, 15) is 13.2 Å². The third-order valence-electron chi connectivity index (χ3n) is 3.12. The maximum atomic E-state index is 12.5. The van der Waals surface area contributed by atoms with Gasteiger partial charge in [0.1, 0.15) is 5.01 Å². The summed E-state index contributed by atoms with van der Waals surface area (Å²) in [5, 5.41) is 8.51. The van der Waals surface area contributed by atoms with E-state index < -0.39 is 11.9 Å². The molecule has 10 heteroatoms. The van der Waals surface area contributed by atoms with Crippen molar-refractivity contribution in [2.24, 2.45) is 4.99 Å². The Bertz CT molecular complexity index is 706. The zero-order valence-electron chi connectivity index (χ0n) is 13.5. The lowest BCUT2D eigenvalue weighted by molar-refractivity contribution is -0.140. The van der Waals surface area contributed by atoms with Crippen LogP contribution in [-0.4, -0.2) is 29.5 Å². The average molecular weight is 377 g/mol. The van der Waals surface area contributed by atoms with Gasteiger partial charge in [-0.15, -0.1) is 22.7 Å². The average Bonchev–Trinajstić information content (AvgIpc) is 3.09. The number of guanidine groups is 1. The molecule has 5 nitrogen and oxygen atoms in total. The number of hydrogen-bond donors (Lipinski definition) is 2. The zero-order valence-corrected chi connectivity index (χ0v) is 15.1. The largest absolute Gasteiger partial charge is 0.434 e. The molecule has 2 aromatic heterocycles. The number of rotatable bonds is 5. The van der Waals surface area contributed by atoms with Gasteiger partial charge in [-0.2, -0.15) is 13.2 Å². The first-order valence-electron chi connectivity index (χ1n) is 7.18. The van der Waals surface area contributed by atoms with Crippen LogP contribution < -0.4 is 10.6 Å². The fraction of sp³-hybridized carbons (Fsp3) is 0.500. The van der Waals surface area contributed by atoms with Crippen LogP contribution in [0.4, 0.5) is 13.2 Å². The molecule has 2 N–H and O–H groups in total. The van der Waals surface area contributed by atoms with Crippen LogP contribution in [0.15, 0.2) is 10.4 Å². The quantitative estimate of drug-likeness (QED) is 0.621. The second-order valence-corrected chi connectivity index (χ2v) is 7.20. The van der Waals surface area contributed by atoms with Crippen LogP contribution >= 0.6 is 22.7 Å². The zero-order chi connectivity index (χ0) is 17.7. The summed E-state index contributed by atoms with van der Waals surface area (Å²) in [5.74, 6) is 0.526. The molecule has 0 bridgehead atoms. The molecule has 0 fully saturated rings. The molecule has 0 aliphatic rings. The SMILES string of the molecule is CN=C(NCCc1sc(C)nc1C)NCc1nc(C(F)(F)F)cs1. The minimum atomic E-state index is -4.40. The second-order valence-electron chi connectivity index (χ2n) is 4.97. The molecule has 0 atom stereocenters. The highest BCUT2D eigenvalue weighted by Gasteiger charge is 2.33. The minimum Gasteiger partial charge on any atom is -0.356 e. The molecular formula is C14H18F3N5S2. The van der Waals surface area contributed by atoms with Gasteiger partial charge in [0.15, 0.2) is 11.7 Å². The lowest BCUT2D eigenvalue weighted by Gasteiger charge is -2.10. The number of hydrogen-bond acceptors (Lipinski definition) is 5. The predicted molar refractivity (Wildman–Crippen MR) is 90.6 cm³/mol. The highest BCUT2D eigenvalue weighted by atomic mass is 32.1. The third kappa shape index (κ3) is 5.17. The highest BCUT2D eigenvalue weighted by molar-refractivity contribution is 7.11. The van der Waals surface area contributed by atoms with Crippen molar-refractivity contribution in [2.75, 3.05) is 13.6 Å². The Morgan fingerprint density at radius 1 is 1.25 bits per heavy atom. The van der Waals surface area contributed by atoms with Gasteiger partial charge in [0.25, 0.3) is 0 Å². The molecule has 132 valence electrons. The summed E-state index contributed by atoms with van der Waals surface area (Å²) in [5.41, 5.74) is 0.174. The van der Waals surface area contributed by atoms with Crippen LogP contribution in [0.1, 0.15) is 26.3 Å². The first-order valence-corrected chi connectivity index (χ1v) is 8.88. The third-order valence-corrected chi connectivity index (χ3v) is 5.10. The first-order chi connectivity index (χ1) is 11.3. The molecule has 0 saturated heterocycles. The predicted octanol–water partition coefficient (Wildman–Crippen LogP) is 3.14. The lowest BCUT2D eigenvalue weighted by atomic mass is 10.3. The van der Waals surface area contributed by atoms with Gasteiger partial charge in [-0.25, -0.2) is 9.97 Å². The Hall–Kier alpha value is -1.68. The molecule has 2 rings (SSSR count). The van der Waals surface area contributed by atoms with Crippen molar-refractivity contribution in [1.29, 1.82) is 0 Å². The number of halogens is 3. The van der Waals surface area contributed by atoms with E-state index in [1.54, 1.807) is 18.4 Å². The summed E-state index contributed by atoms with van der Waals surface area (Å²) in [4.78, 5) is 13.2. The van der Waals surface area contributed by atoms with Crippen molar-refractivity contribution in [3.63, 3.8) is 0 Å². The van der Waals surface area contributed by atoms with Crippen LogP contribution in [0.5, 0.6) is 0 Å². The molecule has 0 aliphatic carbocycles. The van der Waals surface area contributed by atoms with Gasteiger partial charge in [-0.05, 0) is 13.8 Å². The van der Waals surface area contributed by atoms with Crippen molar-refractivity contribution in [2.45, 2.75) is 33.0 Å². The van der Waals surface area contributed by atoms with E-state index in [-0.39, 0.29) is 6.54 Å². The first kappa shape index (κ1) is 18.7. The molecule has 2 aromatic rings. The van der Waals surface area contributed by atoms with Crippen LogP contribution in [0.2, 0.25) is 0 Å². The lowest BCUT2D eigenvalue weighted by Crippen LogP contribution is -2.37. The van der Waals surface area contributed by atoms with Gasteiger partial charge in [-0.3, -0.25) is 4.99 Å². The van der Waals surface area contributed by atoms with E-state index in [0.29, 0.717) is 17.5 Å². The molecule has 0 aromatic carbocycles. The molecule has 2 heterocycles. The van der Waals surface area contributed by atoms with Gasteiger partial charge in [-0.1, -0.05) is 0 Å². The topological polar surface area (TPSA) is 62.2 Å². The van der Waals surface area contributed by atoms with Crippen molar-refractivity contribution in [1.82, 2.24) is 20.6 Å². The smallest absolute Gasteiger partial charge is 0.356 e. The summed E-state index contributed by atoms with van der Waals surface area (Å²) in [7, 11) is 1.61. The van der Waals surface area contributed by atoms with Gasteiger partial charge < -0.3 is 10.6 Å². The number of aliphatic imine (C=N–C) groups is 1. The second kappa shape index (κ2) is 7.93. The summed E-state index contributed by atoms with van der Waals surface area (Å²) in [6.07, 6.45) is -3.59. The Morgan fingerprint density at radius 2 is 2.00 bits per heavy atom. The fourth-order valence-electron chi connectivity index (χ4n) is 2.00. The monoisotopic (exact) mass is 377 g/mol. The summed E-state index contributed by atoms with van der Waals surface area (Å²) < 4.78 is 37.5. The van der Waals surface area contributed by atoms with Crippen LogP contribution in [-0.2, 0) is 19.1 Å². The number of nitrogens with one attached hydrogen (secondary N) is 2. The molecule has 0 unspecified atom stereocenters. The Balaban J connectivity index is 1.80. The van der Waals surface area contributed by atoms with Crippen LogP contribution in [0, 0.1) is 13.8 Å². The highest BCUT2D eigenvalue weighted by Crippen LogP contribution is 2.29. The minimum absolute atomic E-state index is 0.194. The van der Waals surface area contributed by atoms with Crippen molar-refractivity contribution in [3.05, 3.63) is 31.7 Å². The number of thiazole rings is 2.